The summed E-state index contributed by atoms with van der Waals surface area (Å²) in [6.07, 6.45) is 0.695. The number of nitrogens with zero attached hydrogens (tertiary/aromatic N) is 3. The fourth-order valence-electron chi connectivity index (χ4n) is 5.84. The highest BCUT2D eigenvalue weighted by Gasteiger charge is 2.41. The molecule has 12 nitrogen and oxygen atoms in total. The zero-order valence-electron chi connectivity index (χ0n) is 25.6. The van der Waals surface area contributed by atoms with Crippen LogP contribution in [0, 0.1) is 12.7 Å². The molecule has 4 rings (SSSR count). The lowest BCUT2D eigenvalue weighted by atomic mass is 9.87. The van der Waals surface area contributed by atoms with Gasteiger partial charge in [0.15, 0.2) is 5.60 Å². The Hall–Kier alpha value is -4.36. The number of para-hydroxylation sites is 1. The van der Waals surface area contributed by atoms with Crippen molar-refractivity contribution in [1.29, 1.82) is 0 Å². The van der Waals surface area contributed by atoms with Crippen molar-refractivity contribution in [3.8, 4) is 0 Å². The number of carbonyl (C=O) groups is 5. The van der Waals surface area contributed by atoms with E-state index in [1.165, 1.54) is 5.56 Å². The number of hydrogen-bond acceptors (Lipinski definition) is 7. The molecule has 0 aromatic heterocycles. The molecular formula is C32H40FN3O9. The summed E-state index contributed by atoms with van der Waals surface area (Å²) < 4.78 is 13.4. The van der Waals surface area contributed by atoms with E-state index in [0.29, 0.717) is 25.3 Å². The first kappa shape index (κ1) is 35.1. The highest BCUT2D eigenvalue weighted by atomic mass is 19.1. The third-order valence-electron chi connectivity index (χ3n) is 8.16. The summed E-state index contributed by atoms with van der Waals surface area (Å²) in [7, 11) is 3.47. The van der Waals surface area contributed by atoms with Crippen molar-refractivity contribution in [2.45, 2.75) is 63.0 Å². The van der Waals surface area contributed by atoms with E-state index in [2.05, 4.69) is 4.90 Å². The van der Waals surface area contributed by atoms with Crippen molar-refractivity contribution in [2.75, 3.05) is 38.6 Å². The van der Waals surface area contributed by atoms with Crippen LogP contribution in [-0.4, -0.2) is 105 Å². The number of benzene rings is 2. The van der Waals surface area contributed by atoms with Crippen LogP contribution >= 0.6 is 0 Å². The number of fused-ring (bicyclic) bond motifs is 1. The van der Waals surface area contributed by atoms with Crippen LogP contribution in [0.4, 0.5) is 10.1 Å². The van der Waals surface area contributed by atoms with Gasteiger partial charge in [0, 0.05) is 39.2 Å². The van der Waals surface area contributed by atoms with Gasteiger partial charge in [-0.3, -0.25) is 24.1 Å². The first-order valence-corrected chi connectivity index (χ1v) is 14.6. The third-order valence-corrected chi connectivity index (χ3v) is 8.16. The molecule has 1 saturated heterocycles. The largest absolute Gasteiger partial charge is 0.481 e. The summed E-state index contributed by atoms with van der Waals surface area (Å²) in [5.74, 6) is -4.79. The molecule has 2 aromatic carbocycles. The van der Waals surface area contributed by atoms with Crippen molar-refractivity contribution < 1.29 is 48.8 Å². The molecule has 0 aliphatic carbocycles. The van der Waals surface area contributed by atoms with E-state index in [4.69, 9.17) is 20.4 Å². The average molecular weight is 630 g/mol. The second-order valence-electron chi connectivity index (χ2n) is 11.7. The Balaban J connectivity index is 0.000000360. The summed E-state index contributed by atoms with van der Waals surface area (Å²) in [5.41, 5.74) is 1.43. The van der Waals surface area contributed by atoms with Crippen LogP contribution in [0.3, 0.4) is 0 Å². The van der Waals surface area contributed by atoms with Gasteiger partial charge in [0.05, 0.1) is 12.8 Å². The Kier molecular flexibility index (Phi) is 11.8. The number of likely N-dealkylation sites (N-methyl/N-ethyl adjacent to an activating group) is 1. The van der Waals surface area contributed by atoms with Gasteiger partial charge in [-0.1, -0.05) is 24.3 Å². The normalized spacial score (nSPS) is 16.7. The summed E-state index contributed by atoms with van der Waals surface area (Å²) in [6, 6.07) is 12.4. The molecule has 45 heavy (non-hydrogen) atoms. The molecule has 2 aromatic rings. The number of likely N-dealkylation sites (tertiary alicyclic amines) is 1. The lowest BCUT2D eigenvalue weighted by Gasteiger charge is -2.33. The Morgan fingerprint density at radius 3 is 2.09 bits per heavy atom. The smallest absolute Gasteiger partial charge is 0.336 e. The highest BCUT2D eigenvalue weighted by molar-refractivity contribution is 6.03. The van der Waals surface area contributed by atoms with E-state index in [1.54, 1.807) is 36.0 Å². The molecule has 2 heterocycles. The number of halogens is 1. The van der Waals surface area contributed by atoms with E-state index >= 15 is 0 Å². The number of carbonyl (C=O) groups excluding carboxylic acids is 2. The standard InChI is InChI=1S/C26H32FN3O2.C6H8O7/c1-18-16-21(27)8-9-22(18)19-10-13-29(14-11-19)15-12-25(31)30-23-7-5-4-6-20(23)17-24(30)26(32)28(2)3;7-3(8)1-6(13,5(11)12)2-4(9)10/h4-9,16,19,24H,10-15,17H2,1-3H3;13H,1-2H2,(H,7,8)(H,9,10)(H,11,12)/t24-;/m0./s1. The maximum atomic E-state index is 13.4. The zero-order chi connectivity index (χ0) is 33.5. The lowest BCUT2D eigenvalue weighted by Crippen LogP contribution is -2.48. The second kappa shape index (κ2) is 15.1. The number of aliphatic hydroxyl groups is 1. The fraction of sp³-hybridized carbons (Fsp3) is 0.469. The molecule has 2 amide bonds. The number of carboxylic acids is 3. The van der Waals surface area contributed by atoms with E-state index in [0.717, 1.165) is 42.7 Å². The monoisotopic (exact) mass is 629 g/mol. The third kappa shape index (κ3) is 9.08. The van der Waals surface area contributed by atoms with Gasteiger partial charge in [0.2, 0.25) is 11.8 Å². The van der Waals surface area contributed by atoms with Gasteiger partial charge in [-0.15, -0.1) is 0 Å². The fourth-order valence-corrected chi connectivity index (χ4v) is 5.84. The van der Waals surface area contributed by atoms with Gasteiger partial charge in [0.25, 0.3) is 0 Å². The predicted molar refractivity (Wildman–Crippen MR) is 161 cm³/mol. The molecule has 1 atom stereocenters. The molecule has 0 spiro atoms. The minimum Gasteiger partial charge on any atom is -0.481 e. The maximum Gasteiger partial charge on any atom is 0.336 e. The molecule has 0 unspecified atom stereocenters. The van der Waals surface area contributed by atoms with Crippen molar-refractivity contribution in [3.05, 3.63) is 65.0 Å². The molecule has 0 radical (unpaired) electrons. The number of rotatable bonds is 10. The number of carboxylic acid groups (broad SMARTS) is 3. The van der Waals surface area contributed by atoms with Crippen LogP contribution in [0.15, 0.2) is 42.5 Å². The van der Waals surface area contributed by atoms with Gasteiger partial charge in [-0.25, -0.2) is 9.18 Å². The summed E-state index contributed by atoms with van der Waals surface area (Å²) >= 11 is 0. The lowest BCUT2D eigenvalue weighted by molar-refractivity contribution is -0.170. The van der Waals surface area contributed by atoms with Crippen LogP contribution in [0.2, 0.25) is 0 Å². The molecular weight excluding hydrogens is 589 g/mol. The second-order valence-corrected chi connectivity index (χ2v) is 11.7. The number of hydrogen-bond donors (Lipinski definition) is 4. The molecule has 0 saturated carbocycles. The molecule has 13 heteroatoms. The predicted octanol–water partition coefficient (Wildman–Crippen LogP) is 2.50. The van der Waals surface area contributed by atoms with E-state index in [-0.39, 0.29) is 17.6 Å². The van der Waals surface area contributed by atoms with Crippen LogP contribution in [0.25, 0.3) is 0 Å². The quantitative estimate of drug-likeness (QED) is 0.306. The van der Waals surface area contributed by atoms with Gasteiger partial charge in [-0.05, 0) is 73.7 Å². The van der Waals surface area contributed by atoms with Crippen molar-refractivity contribution >= 4 is 35.4 Å². The molecule has 2 aliphatic rings. The SMILES string of the molecule is Cc1cc(F)ccc1C1CCN(CCC(=O)N2c3ccccc3C[C@H]2C(=O)N(C)C)CC1.O=C(O)CC(O)(CC(=O)O)C(=O)O. The Morgan fingerprint density at radius 1 is 0.956 bits per heavy atom. The van der Waals surface area contributed by atoms with Gasteiger partial charge >= 0.3 is 17.9 Å². The van der Waals surface area contributed by atoms with Crippen LogP contribution in [0.1, 0.15) is 54.7 Å². The van der Waals surface area contributed by atoms with Gasteiger partial charge < -0.3 is 30.2 Å². The molecule has 4 N–H and O–H groups in total. The zero-order valence-corrected chi connectivity index (χ0v) is 25.6. The van der Waals surface area contributed by atoms with E-state index < -0.39 is 42.4 Å². The van der Waals surface area contributed by atoms with Gasteiger partial charge in [-0.2, -0.15) is 0 Å². The first-order valence-electron chi connectivity index (χ1n) is 14.6. The Bertz CT molecular complexity index is 1410. The highest BCUT2D eigenvalue weighted by Crippen LogP contribution is 2.34. The van der Waals surface area contributed by atoms with Crippen molar-refractivity contribution in [2.24, 2.45) is 0 Å². The molecule has 1 fully saturated rings. The van der Waals surface area contributed by atoms with E-state index in [9.17, 15) is 28.4 Å². The van der Waals surface area contributed by atoms with Crippen LogP contribution in [0.5, 0.6) is 0 Å². The van der Waals surface area contributed by atoms with Crippen molar-refractivity contribution in [3.63, 3.8) is 0 Å². The number of piperidine rings is 1. The number of anilines is 1. The maximum absolute atomic E-state index is 13.4. The van der Waals surface area contributed by atoms with Crippen LogP contribution < -0.4 is 4.90 Å². The number of amides is 2. The minimum atomic E-state index is -2.74. The van der Waals surface area contributed by atoms with E-state index in [1.807, 2.05) is 37.3 Å². The van der Waals surface area contributed by atoms with Crippen LogP contribution in [-0.2, 0) is 30.4 Å². The van der Waals surface area contributed by atoms with Gasteiger partial charge in [0.1, 0.15) is 11.9 Å². The summed E-state index contributed by atoms with van der Waals surface area (Å²) in [4.78, 5) is 62.1. The topological polar surface area (TPSA) is 176 Å². The Morgan fingerprint density at radius 2 is 1.56 bits per heavy atom. The average Bonchev–Trinajstić information content (AvgIpc) is 3.35. The number of aryl methyl sites for hydroxylation is 1. The molecule has 2 aliphatic heterocycles. The molecule has 244 valence electrons. The summed E-state index contributed by atoms with van der Waals surface area (Å²) in [5, 5.41) is 33.8. The molecule has 0 bridgehead atoms. The summed E-state index contributed by atoms with van der Waals surface area (Å²) in [6.45, 7) is 4.51. The minimum absolute atomic E-state index is 0.00616. The van der Waals surface area contributed by atoms with Crippen molar-refractivity contribution in [1.82, 2.24) is 9.80 Å². The number of aliphatic carboxylic acids is 3. The first-order chi connectivity index (χ1) is 21.1. The Labute approximate surface area is 260 Å².